The van der Waals surface area contributed by atoms with Crippen molar-refractivity contribution in [2.45, 2.75) is 98.4 Å². The van der Waals surface area contributed by atoms with Gasteiger partial charge in [0.1, 0.15) is 18.2 Å². The van der Waals surface area contributed by atoms with Gasteiger partial charge in [-0.2, -0.15) is 0 Å². The minimum absolute atomic E-state index is 0.0127. The smallest absolute Gasteiger partial charge is 0.137 e. The van der Waals surface area contributed by atoms with Crippen LogP contribution in [-0.2, 0) is 29.3 Å². The van der Waals surface area contributed by atoms with Crippen molar-refractivity contribution in [1.82, 2.24) is 9.55 Å². The molecule has 5 heteroatoms. The Morgan fingerprint density at radius 2 is 1.35 bits per heavy atom. The van der Waals surface area contributed by atoms with Crippen molar-refractivity contribution in [3.63, 3.8) is 0 Å². The fourth-order valence-electron chi connectivity index (χ4n) is 9.01. The van der Waals surface area contributed by atoms with Gasteiger partial charge in [0.15, 0.2) is 0 Å². The molecule has 2 aromatic heterocycles. The first kappa shape index (κ1) is 38.4. The first-order valence-corrected chi connectivity index (χ1v) is 22.4. The minimum Gasteiger partial charge on any atom is -0.489 e. The number of hydrogen-bond donors (Lipinski definition) is 0. The third-order valence-electron chi connectivity index (χ3n) is 12.7. The summed E-state index contributed by atoms with van der Waals surface area (Å²) in [5, 5.41) is 2.33. The van der Waals surface area contributed by atoms with Gasteiger partial charge in [-0.05, 0) is 129 Å². The van der Waals surface area contributed by atoms with Crippen molar-refractivity contribution in [2.75, 3.05) is 23.0 Å². The lowest BCUT2D eigenvalue weighted by Gasteiger charge is -2.24. The first-order chi connectivity index (χ1) is 31.2. The molecule has 63 heavy (non-hydrogen) atoms. The fraction of sp³-hybridized carbons (Fsp3) is 0.293. The van der Waals surface area contributed by atoms with E-state index in [0.29, 0.717) is 31.8 Å². The molecule has 0 radical (unpaired) electrons. The lowest BCUT2D eigenvalue weighted by Crippen LogP contribution is -2.30. The number of hydrogen-bond acceptors (Lipinski definition) is 4. The maximum absolute atomic E-state index is 8.60. The van der Waals surface area contributed by atoms with E-state index in [1.54, 1.807) is 6.07 Å². The molecular formula is C58H62N4O. The summed E-state index contributed by atoms with van der Waals surface area (Å²) in [6.07, 6.45) is 2.49. The topological polar surface area (TPSA) is 33.5 Å². The van der Waals surface area contributed by atoms with Gasteiger partial charge in [-0.3, -0.25) is 4.57 Å². The van der Waals surface area contributed by atoms with Gasteiger partial charge in [0, 0.05) is 39.4 Å². The highest BCUT2D eigenvalue weighted by Crippen LogP contribution is 2.44. The van der Waals surface area contributed by atoms with Crippen LogP contribution in [0.5, 0.6) is 5.75 Å². The summed E-state index contributed by atoms with van der Waals surface area (Å²) < 4.78 is 34.7. The molecule has 9 rings (SSSR count). The van der Waals surface area contributed by atoms with E-state index in [9.17, 15) is 0 Å². The number of aromatic nitrogens is 2. The van der Waals surface area contributed by atoms with Crippen molar-refractivity contribution >= 4 is 38.9 Å². The first-order valence-electron chi connectivity index (χ1n) is 23.9. The number of aryl methyl sites for hydroxylation is 1. The molecule has 0 unspecified atom stereocenters. The summed E-state index contributed by atoms with van der Waals surface area (Å²) in [6, 6.07) is 49.0. The summed E-state index contributed by atoms with van der Waals surface area (Å²) >= 11 is 0. The number of benzene rings is 6. The summed E-state index contributed by atoms with van der Waals surface area (Å²) in [5.74, 6) is 1.68. The lowest BCUT2D eigenvalue weighted by molar-refractivity contribution is 0.306. The quantitative estimate of drug-likeness (QED) is 0.145. The Bertz CT molecular complexity index is 3090. The zero-order valence-electron chi connectivity index (χ0n) is 41.4. The zero-order chi connectivity index (χ0) is 46.8. The second-order valence-corrected chi connectivity index (χ2v) is 20.3. The van der Waals surface area contributed by atoms with E-state index in [-0.39, 0.29) is 16.2 Å². The van der Waals surface area contributed by atoms with Crippen molar-refractivity contribution in [3.8, 4) is 22.7 Å². The van der Waals surface area contributed by atoms with Crippen molar-refractivity contribution in [3.05, 3.63) is 179 Å². The molecule has 0 bridgehead atoms. The predicted octanol–water partition coefficient (Wildman–Crippen LogP) is 14.8. The van der Waals surface area contributed by atoms with E-state index in [1.165, 1.54) is 22.1 Å². The summed E-state index contributed by atoms with van der Waals surface area (Å²) in [5.41, 5.74) is 13.5. The van der Waals surface area contributed by atoms with Crippen LogP contribution in [0, 0.1) is 6.85 Å². The third-order valence-corrected chi connectivity index (χ3v) is 12.7. The predicted molar refractivity (Wildman–Crippen MR) is 267 cm³/mol. The molecule has 0 amide bonds. The number of para-hydroxylation sites is 1. The molecule has 0 spiro atoms. The average molecular weight is 834 g/mol. The van der Waals surface area contributed by atoms with E-state index in [1.807, 2.05) is 12.3 Å². The second kappa shape index (κ2) is 16.1. The van der Waals surface area contributed by atoms with Gasteiger partial charge in [-0.15, -0.1) is 0 Å². The SMILES string of the molecule is [2H]C([2H])([2H])c1cccc(-c2cccc(C(C)(C)C)c2)c1CCN1CN(c2cccc(COc3ccc4c5ccccc5n(-c5cc(C(C)(C)C)ccn5)c4c3)c2)c2ccc(C(C)(C)C)cc21. The maximum atomic E-state index is 8.60. The number of pyridine rings is 1. The molecule has 5 nitrogen and oxygen atoms in total. The highest BCUT2D eigenvalue weighted by molar-refractivity contribution is 6.09. The monoisotopic (exact) mass is 834 g/mol. The minimum atomic E-state index is -2.25. The molecule has 0 fully saturated rings. The van der Waals surface area contributed by atoms with Crippen LogP contribution in [0.15, 0.2) is 146 Å². The zero-order valence-corrected chi connectivity index (χ0v) is 38.4. The number of fused-ring (bicyclic) bond motifs is 4. The van der Waals surface area contributed by atoms with Crippen LogP contribution in [0.4, 0.5) is 17.1 Å². The Morgan fingerprint density at radius 3 is 2.14 bits per heavy atom. The van der Waals surface area contributed by atoms with Crippen LogP contribution in [0.2, 0.25) is 0 Å². The Morgan fingerprint density at radius 1 is 0.619 bits per heavy atom. The summed E-state index contributed by atoms with van der Waals surface area (Å²) in [4.78, 5) is 9.65. The van der Waals surface area contributed by atoms with Gasteiger partial charge in [-0.25, -0.2) is 4.98 Å². The van der Waals surface area contributed by atoms with Gasteiger partial charge in [0.05, 0.1) is 29.1 Å². The van der Waals surface area contributed by atoms with Crippen molar-refractivity contribution in [1.29, 1.82) is 0 Å². The lowest BCUT2D eigenvalue weighted by atomic mass is 9.84. The Kier molecular flexibility index (Phi) is 9.80. The number of nitrogens with zero attached hydrogens (tertiary/aromatic N) is 4. The van der Waals surface area contributed by atoms with Crippen molar-refractivity contribution in [2.24, 2.45) is 0 Å². The highest BCUT2D eigenvalue weighted by atomic mass is 16.5. The molecule has 1 aliphatic heterocycles. The summed E-state index contributed by atoms with van der Waals surface area (Å²) in [7, 11) is 0. The Balaban J connectivity index is 1.01. The van der Waals surface area contributed by atoms with Crippen LogP contribution in [0.25, 0.3) is 38.8 Å². The Labute approximate surface area is 379 Å². The molecule has 0 atom stereocenters. The van der Waals surface area contributed by atoms with Crippen LogP contribution >= 0.6 is 0 Å². The van der Waals surface area contributed by atoms with E-state index >= 15 is 0 Å². The maximum Gasteiger partial charge on any atom is 0.137 e. The van der Waals surface area contributed by atoms with E-state index in [4.69, 9.17) is 13.8 Å². The molecular weight excluding hydrogens is 769 g/mol. The number of rotatable bonds is 9. The molecule has 1 aliphatic rings. The largest absolute Gasteiger partial charge is 0.489 e. The summed E-state index contributed by atoms with van der Waals surface area (Å²) in [6.45, 7) is 19.5. The normalized spacial score (nSPS) is 14.2. The molecule has 0 N–H and O–H groups in total. The second-order valence-electron chi connectivity index (χ2n) is 20.3. The van der Waals surface area contributed by atoms with Crippen LogP contribution in [-0.4, -0.2) is 22.8 Å². The van der Waals surface area contributed by atoms with Crippen molar-refractivity contribution < 1.29 is 8.85 Å². The van der Waals surface area contributed by atoms with Gasteiger partial charge < -0.3 is 14.5 Å². The van der Waals surface area contributed by atoms with Crippen LogP contribution in [0.1, 0.15) is 99.8 Å². The fourth-order valence-corrected chi connectivity index (χ4v) is 9.01. The van der Waals surface area contributed by atoms with Gasteiger partial charge in [-0.1, -0.05) is 141 Å². The van der Waals surface area contributed by atoms with Gasteiger partial charge >= 0.3 is 0 Å². The third kappa shape index (κ3) is 8.34. The number of anilines is 3. The van der Waals surface area contributed by atoms with Gasteiger partial charge in [0.2, 0.25) is 0 Å². The van der Waals surface area contributed by atoms with Crippen LogP contribution in [0.3, 0.4) is 0 Å². The Hall–Kier alpha value is -6.33. The number of ether oxygens (including phenoxy) is 1. The molecule has 6 aromatic carbocycles. The van der Waals surface area contributed by atoms with Crippen LogP contribution < -0.4 is 14.5 Å². The van der Waals surface area contributed by atoms with E-state index < -0.39 is 6.85 Å². The molecule has 3 heterocycles. The molecule has 0 saturated heterocycles. The molecule has 8 aromatic rings. The van der Waals surface area contributed by atoms with E-state index in [2.05, 4.69) is 204 Å². The average Bonchev–Trinajstić information content (AvgIpc) is 3.81. The molecule has 320 valence electrons. The van der Waals surface area contributed by atoms with E-state index in [0.717, 1.165) is 67.3 Å². The standard InChI is InChI=1S/C58H62N4O/c1-39-16-13-22-48(41-18-15-19-42(33-41)56(2,3)4)47(39)29-31-60-38-61(52-27-24-43(34-54(52)60)57(5,6)7)45-20-14-17-40(32-45)37-63-46-25-26-50-49-21-11-12-23-51(49)62(53(50)36-46)55-35-44(28-30-59-55)58(8,9)10/h11-28,30,32-36H,29,31,37-38H2,1-10H3/i1D3. The highest BCUT2D eigenvalue weighted by Gasteiger charge is 2.29. The molecule has 0 aliphatic carbocycles. The van der Waals surface area contributed by atoms with Gasteiger partial charge in [0.25, 0.3) is 0 Å². The molecule has 0 saturated carbocycles.